The molecule has 2 atom stereocenters. The standard InChI is InChI=1S/C17H23NO2/c1-17(2)12-13(9-11-20-17)14(8-10-18)15-6-4-5-7-16(15)19-3/h4-7,13-14H,8-9,11-12H2,1-3H3/t13-,14+/m0/s1. The zero-order chi connectivity index (χ0) is 14.6. The van der Waals surface area contributed by atoms with Gasteiger partial charge in [0.2, 0.25) is 0 Å². The number of hydrogen-bond acceptors (Lipinski definition) is 3. The Kier molecular flexibility index (Phi) is 4.67. The molecule has 0 radical (unpaired) electrons. The zero-order valence-electron chi connectivity index (χ0n) is 12.6. The van der Waals surface area contributed by atoms with Gasteiger partial charge in [0.25, 0.3) is 0 Å². The van der Waals surface area contributed by atoms with Gasteiger partial charge in [0, 0.05) is 18.9 Å². The molecule has 0 spiro atoms. The molecule has 1 aliphatic heterocycles. The predicted molar refractivity (Wildman–Crippen MR) is 78.7 cm³/mol. The van der Waals surface area contributed by atoms with Gasteiger partial charge in [0.15, 0.2) is 0 Å². The molecule has 1 saturated heterocycles. The molecule has 0 amide bonds. The highest BCUT2D eigenvalue weighted by molar-refractivity contribution is 5.37. The van der Waals surface area contributed by atoms with E-state index in [0.717, 1.165) is 30.8 Å². The minimum absolute atomic E-state index is 0.0986. The molecule has 1 heterocycles. The molecular weight excluding hydrogens is 250 g/mol. The van der Waals surface area contributed by atoms with Gasteiger partial charge in [0.1, 0.15) is 5.75 Å². The summed E-state index contributed by atoms with van der Waals surface area (Å²) in [5.74, 6) is 1.58. The lowest BCUT2D eigenvalue weighted by Gasteiger charge is -2.39. The molecule has 2 rings (SSSR count). The number of hydrogen-bond donors (Lipinski definition) is 0. The second-order valence-electron chi connectivity index (χ2n) is 6.07. The first-order valence-electron chi connectivity index (χ1n) is 7.21. The van der Waals surface area contributed by atoms with Crippen LogP contribution in [0.15, 0.2) is 24.3 Å². The summed E-state index contributed by atoms with van der Waals surface area (Å²) < 4.78 is 11.3. The lowest BCUT2D eigenvalue weighted by atomic mass is 9.75. The first kappa shape index (κ1) is 14.9. The summed E-state index contributed by atoms with van der Waals surface area (Å²) in [6.45, 7) is 5.03. The number of ether oxygens (including phenoxy) is 2. The van der Waals surface area contributed by atoms with E-state index in [1.807, 2.05) is 18.2 Å². The normalized spacial score (nSPS) is 22.8. The van der Waals surface area contributed by atoms with Crippen molar-refractivity contribution in [3.63, 3.8) is 0 Å². The third kappa shape index (κ3) is 3.32. The predicted octanol–water partition coefficient (Wildman–Crippen LogP) is 3.90. The molecule has 0 bridgehead atoms. The van der Waals surface area contributed by atoms with Crippen LogP contribution < -0.4 is 4.74 Å². The van der Waals surface area contributed by atoms with Crippen molar-refractivity contribution in [1.82, 2.24) is 0 Å². The van der Waals surface area contributed by atoms with Crippen molar-refractivity contribution in [3.8, 4) is 11.8 Å². The van der Waals surface area contributed by atoms with E-state index in [9.17, 15) is 5.26 Å². The van der Waals surface area contributed by atoms with Gasteiger partial charge in [-0.1, -0.05) is 18.2 Å². The molecular formula is C17H23NO2. The summed E-state index contributed by atoms with van der Waals surface area (Å²) in [5.41, 5.74) is 1.05. The van der Waals surface area contributed by atoms with Crippen molar-refractivity contribution in [2.45, 2.75) is 44.6 Å². The average molecular weight is 273 g/mol. The van der Waals surface area contributed by atoms with Crippen LogP contribution in [0.1, 0.15) is 44.6 Å². The second-order valence-corrected chi connectivity index (χ2v) is 6.07. The molecule has 0 unspecified atom stereocenters. The summed E-state index contributed by atoms with van der Waals surface area (Å²) in [7, 11) is 1.69. The molecule has 0 aliphatic carbocycles. The van der Waals surface area contributed by atoms with Crippen molar-refractivity contribution in [1.29, 1.82) is 5.26 Å². The Hall–Kier alpha value is -1.53. The molecule has 3 heteroatoms. The van der Waals surface area contributed by atoms with Gasteiger partial charge in [-0.25, -0.2) is 0 Å². The third-order valence-electron chi connectivity index (χ3n) is 4.15. The summed E-state index contributed by atoms with van der Waals surface area (Å²) >= 11 is 0. The largest absolute Gasteiger partial charge is 0.496 e. The lowest BCUT2D eigenvalue weighted by Crippen LogP contribution is -2.36. The summed E-state index contributed by atoms with van der Waals surface area (Å²) in [6.07, 6.45) is 2.52. The van der Waals surface area contributed by atoms with Gasteiger partial charge in [-0.2, -0.15) is 5.26 Å². The van der Waals surface area contributed by atoms with Crippen LogP contribution in [0.2, 0.25) is 0 Å². The van der Waals surface area contributed by atoms with Crippen LogP contribution >= 0.6 is 0 Å². The first-order valence-corrected chi connectivity index (χ1v) is 7.21. The SMILES string of the molecule is COc1ccccc1[C@H](CC#N)[C@H]1CCOC(C)(C)C1. The first-order chi connectivity index (χ1) is 9.57. The Balaban J connectivity index is 2.29. The Morgan fingerprint density at radius 1 is 1.45 bits per heavy atom. The quantitative estimate of drug-likeness (QED) is 0.835. The molecule has 0 saturated carbocycles. The molecule has 1 aromatic rings. The Morgan fingerprint density at radius 2 is 2.20 bits per heavy atom. The Bertz CT molecular complexity index is 490. The molecule has 0 aromatic heterocycles. The van der Waals surface area contributed by atoms with Gasteiger partial charge in [-0.05, 0) is 44.2 Å². The van der Waals surface area contributed by atoms with Gasteiger partial charge in [-0.3, -0.25) is 0 Å². The minimum atomic E-state index is -0.0986. The smallest absolute Gasteiger partial charge is 0.122 e. The highest BCUT2D eigenvalue weighted by atomic mass is 16.5. The molecule has 1 aliphatic rings. The van der Waals surface area contributed by atoms with Crippen LogP contribution in [0, 0.1) is 17.2 Å². The van der Waals surface area contributed by atoms with Crippen molar-refractivity contribution in [2.24, 2.45) is 5.92 Å². The number of nitrogens with zero attached hydrogens (tertiary/aromatic N) is 1. The summed E-state index contributed by atoms with van der Waals surface area (Å²) in [4.78, 5) is 0. The number of methoxy groups -OCH3 is 1. The maximum absolute atomic E-state index is 9.20. The maximum atomic E-state index is 9.20. The van der Waals surface area contributed by atoms with Crippen LogP contribution in [0.25, 0.3) is 0 Å². The van der Waals surface area contributed by atoms with Gasteiger partial charge < -0.3 is 9.47 Å². The van der Waals surface area contributed by atoms with E-state index in [0.29, 0.717) is 12.3 Å². The topological polar surface area (TPSA) is 42.2 Å². The molecule has 1 fully saturated rings. The lowest BCUT2D eigenvalue weighted by molar-refractivity contribution is -0.0766. The van der Waals surface area contributed by atoms with E-state index < -0.39 is 0 Å². The van der Waals surface area contributed by atoms with Crippen LogP contribution in [-0.2, 0) is 4.74 Å². The van der Waals surface area contributed by atoms with E-state index in [-0.39, 0.29) is 11.5 Å². The zero-order valence-corrected chi connectivity index (χ0v) is 12.6. The van der Waals surface area contributed by atoms with E-state index in [1.165, 1.54) is 0 Å². The van der Waals surface area contributed by atoms with Gasteiger partial charge in [0.05, 0.1) is 18.8 Å². The van der Waals surface area contributed by atoms with E-state index in [1.54, 1.807) is 7.11 Å². The minimum Gasteiger partial charge on any atom is -0.496 e. The maximum Gasteiger partial charge on any atom is 0.122 e. The van der Waals surface area contributed by atoms with Crippen molar-refractivity contribution in [2.75, 3.05) is 13.7 Å². The van der Waals surface area contributed by atoms with Crippen LogP contribution in [0.3, 0.4) is 0 Å². The van der Waals surface area contributed by atoms with Crippen LogP contribution in [0.5, 0.6) is 5.75 Å². The second kappa shape index (κ2) is 6.28. The van der Waals surface area contributed by atoms with Crippen LogP contribution in [0.4, 0.5) is 0 Å². The Labute approximate surface area is 121 Å². The van der Waals surface area contributed by atoms with Crippen molar-refractivity contribution < 1.29 is 9.47 Å². The number of rotatable bonds is 4. The van der Waals surface area contributed by atoms with Crippen molar-refractivity contribution >= 4 is 0 Å². The van der Waals surface area contributed by atoms with E-state index in [2.05, 4.69) is 26.0 Å². The van der Waals surface area contributed by atoms with Gasteiger partial charge in [-0.15, -0.1) is 0 Å². The Morgan fingerprint density at radius 3 is 2.85 bits per heavy atom. The number of nitriles is 1. The average Bonchev–Trinajstić information content (AvgIpc) is 2.43. The fourth-order valence-electron chi connectivity index (χ4n) is 3.22. The third-order valence-corrected chi connectivity index (χ3v) is 4.15. The highest BCUT2D eigenvalue weighted by Crippen LogP contribution is 2.42. The number of benzene rings is 1. The molecule has 0 N–H and O–H groups in total. The summed E-state index contributed by atoms with van der Waals surface area (Å²) in [5, 5.41) is 9.20. The molecule has 108 valence electrons. The molecule has 1 aromatic carbocycles. The van der Waals surface area contributed by atoms with E-state index >= 15 is 0 Å². The van der Waals surface area contributed by atoms with Gasteiger partial charge >= 0.3 is 0 Å². The van der Waals surface area contributed by atoms with Crippen molar-refractivity contribution in [3.05, 3.63) is 29.8 Å². The van der Waals surface area contributed by atoms with E-state index in [4.69, 9.17) is 9.47 Å². The fourth-order valence-corrected chi connectivity index (χ4v) is 3.22. The monoisotopic (exact) mass is 273 g/mol. The molecule has 3 nitrogen and oxygen atoms in total. The highest BCUT2D eigenvalue weighted by Gasteiger charge is 2.35. The summed E-state index contributed by atoms with van der Waals surface area (Å²) in [6, 6.07) is 10.4. The molecule has 20 heavy (non-hydrogen) atoms. The number of para-hydroxylation sites is 1. The fraction of sp³-hybridized carbons (Fsp3) is 0.588. The van der Waals surface area contributed by atoms with Crippen LogP contribution in [-0.4, -0.2) is 19.3 Å².